The number of alkyl halides is 2. The van der Waals surface area contributed by atoms with Gasteiger partial charge < -0.3 is 9.47 Å². The fourth-order valence-electron chi connectivity index (χ4n) is 2.36. The van der Waals surface area contributed by atoms with Gasteiger partial charge in [-0.05, 0) is 0 Å². The Hall–Kier alpha value is -1.46. The van der Waals surface area contributed by atoms with E-state index in [9.17, 15) is 8.78 Å². The van der Waals surface area contributed by atoms with Crippen molar-refractivity contribution in [2.24, 2.45) is 0 Å². The van der Waals surface area contributed by atoms with Crippen LogP contribution in [-0.4, -0.2) is 43.4 Å². The van der Waals surface area contributed by atoms with Crippen molar-refractivity contribution in [2.75, 3.05) is 26.3 Å². The molecule has 1 fully saturated rings. The van der Waals surface area contributed by atoms with E-state index in [1.54, 1.807) is 29.2 Å². The Labute approximate surface area is 110 Å². The minimum atomic E-state index is -2.97. The maximum atomic E-state index is 14.0. The highest BCUT2D eigenvalue weighted by atomic mass is 19.3. The second-order valence-electron chi connectivity index (χ2n) is 4.67. The minimum Gasteiger partial charge on any atom is -0.468 e. The standard InChI is InChI=1S/C14H15F2NO2/c15-14(16)10-12(11-4-2-1-3-5-11)19-13(14)17-6-8-18-9-7-17/h1-5,10,13H,6-9H2. The van der Waals surface area contributed by atoms with Crippen molar-refractivity contribution in [1.29, 1.82) is 0 Å². The molecule has 0 spiro atoms. The molecule has 1 unspecified atom stereocenters. The monoisotopic (exact) mass is 267 g/mol. The van der Waals surface area contributed by atoms with Crippen molar-refractivity contribution in [1.82, 2.24) is 4.90 Å². The van der Waals surface area contributed by atoms with Crippen molar-refractivity contribution in [2.45, 2.75) is 12.2 Å². The predicted octanol–water partition coefficient (Wildman–Crippen LogP) is 2.35. The smallest absolute Gasteiger partial charge is 0.319 e. The summed E-state index contributed by atoms with van der Waals surface area (Å²) in [5.41, 5.74) is 0.679. The highest BCUT2D eigenvalue weighted by Crippen LogP contribution is 2.38. The molecule has 19 heavy (non-hydrogen) atoms. The van der Waals surface area contributed by atoms with E-state index in [1.165, 1.54) is 0 Å². The number of ether oxygens (including phenoxy) is 2. The predicted molar refractivity (Wildman–Crippen MR) is 66.6 cm³/mol. The number of nitrogens with zero attached hydrogens (tertiary/aromatic N) is 1. The number of halogens is 2. The third-order valence-corrected chi connectivity index (χ3v) is 3.33. The molecule has 0 N–H and O–H groups in total. The molecule has 1 saturated heterocycles. The maximum Gasteiger partial charge on any atom is 0.319 e. The lowest BCUT2D eigenvalue weighted by atomic mass is 10.1. The fourth-order valence-corrected chi connectivity index (χ4v) is 2.36. The minimum absolute atomic E-state index is 0.252. The second-order valence-corrected chi connectivity index (χ2v) is 4.67. The van der Waals surface area contributed by atoms with Gasteiger partial charge in [0.2, 0.25) is 6.23 Å². The Bertz CT molecular complexity index is 470. The van der Waals surface area contributed by atoms with Crippen LogP contribution in [0, 0.1) is 0 Å². The zero-order valence-electron chi connectivity index (χ0n) is 10.4. The average Bonchev–Trinajstić information content (AvgIpc) is 2.77. The van der Waals surface area contributed by atoms with E-state index >= 15 is 0 Å². The number of rotatable bonds is 2. The molecular weight excluding hydrogens is 252 g/mol. The largest absolute Gasteiger partial charge is 0.468 e. The molecule has 0 amide bonds. The van der Waals surface area contributed by atoms with Gasteiger partial charge in [0.15, 0.2) is 0 Å². The van der Waals surface area contributed by atoms with Crippen molar-refractivity contribution in [3.63, 3.8) is 0 Å². The number of hydrogen-bond acceptors (Lipinski definition) is 3. The average molecular weight is 267 g/mol. The Morgan fingerprint density at radius 1 is 1.11 bits per heavy atom. The maximum absolute atomic E-state index is 14.0. The summed E-state index contributed by atoms with van der Waals surface area (Å²) in [5.74, 6) is -2.72. The van der Waals surface area contributed by atoms with Gasteiger partial charge >= 0.3 is 5.92 Å². The number of benzene rings is 1. The molecular formula is C14H15F2NO2. The zero-order valence-corrected chi connectivity index (χ0v) is 10.4. The van der Waals surface area contributed by atoms with Crippen molar-refractivity contribution < 1.29 is 18.3 Å². The van der Waals surface area contributed by atoms with Gasteiger partial charge in [-0.3, -0.25) is 4.90 Å². The van der Waals surface area contributed by atoms with Crippen LogP contribution < -0.4 is 0 Å². The van der Waals surface area contributed by atoms with Gasteiger partial charge in [0.1, 0.15) is 5.76 Å². The van der Waals surface area contributed by atoms with E-state index in [1.807, 2.05) is 6.07 Å². The molecule has 2 heterocycles. The highest BCUT2D eigenvalue weighted by molar-refractivity contribution is 5.62. The molecule has 2 aliphatic rings. The van der Waals surface area contributed by atoms with Crippen molar-refractivity contribution in [3.8, 4) is 0 Å². The molecule has 0 aliphatic carbocycles. The van der Waals surface area contributed by atoms with Crippen LogP contribution in [-0.2, 0) is 9.47 Å². The van der Waals surface area contributed by atoms with Crippen LogP contribution in [0.3, 0.4) is 0 Å². The Morgan fingerprint density at radius 3 is 2.47 bits per heavy atom. The van der Waals surface area contributed by atoms with Crippen LogP contribution in [0.1, 0.15) is 5.56 Å². The van der Waals surface area contributed by atoms with Crippen LogP contribution in [0.5, 0.6) is 0 Å². The third-order valence-electron chi connectivity index (χ3n) is 3.33. The van der Waals surface area contributed by atoms with Crippen LogP contribution in [0.4, 0.5) is 8.78 Å². The molecule has 5 heteroatoms. The molecule has 1 atom stereocenters. The third kappa shape index (κ3) is 2.48. The van der Waals surface area contributed by atoms with E-state index in [0.29, 0.717) is 31.9 Å². The SMILES string of the molecule is FC1(F)C=C(c2ccccc2)OC1N1CCOCC1. The summed E-state index contributed by atoms with van der Waals surface area (Å²) < 4.78 is 38.8. The summed E-state index contributed by atoms with van der Waals surface area (Å²) in [6, 6.07) is 8.99. The van der Waals surface area contributed by atoms with Crippen LogP contribution in [0.15, 0.2) is 36.4 Å². The first-order valence-corrected chi connectivity index (χ1v) is 6.31. The molecule has 0 saturated carbocycles. The molecule has 3 rings (SSSR count). The van der Waals surface area contributed by atoms with Gasteiger partial charge in [-0.1, -0.05) is 30.3 Å². The van der Waals surface area contributed by atoms with Crippen LogP contribution in [0.25, 0.3) is 5.76 Å². The van der Waals surface area contributed by atoms with Gasteiger partial charge in [0.25, 0.3) is 0 Å². The first-order valence-electron chi connectivity index (χ1n) is 6.31. The van der Waals surface area contributed by atoms with Gasteiger partial charge in [0.05, 0.1) is 13.2 Å². The van der Waals surface area contributed by atoms with Crippen LogP contribution >= 0.6 is 0 Å². The topological polar surface area (TPSA) is 21.7 Å². The first kappa shape index (κ1) is 12.6. The zero-order chi connectivity index (χ0) is 13.3. The Balaban J connectivity index is 1.80. The van der Waals surface area contributed by atoms with Gasteiger partial charge in [-0.2, -0.15) is 8.78 Å². The fraction of sp³-hybridized carbons (Fsp3) is 0.429. The summed E-state index contributed by atoms with van der Waals surface area (Å²) in [6.45, 7) is 1.87. The molecule has 3 nitrogen and oxygen atoms in total. The highest BCUT2D eigenvalue weighted by Gasteiger charge is 2.49. The summed E-state index contributed by atoms with van der Waals surface area (Å²) in [4.78, 5) is 1.63. The Kier molecular flexibility index (Phi) is 3.24. The summed E-state index contributed by atoms with van der Waals surface area (Å²) in [6.07, 6.45) is -0.297. The molecule has 1 aromatic carbocycles. The summed E-state index contributed by atoms with van der Waals surface area (Å²) in [7, 11) is 0. The van der Waals surface area contributed by atoms with Crippen molar-refractivity contribution >= 4 is 5.76 Å². The van der Waals surface area contributed by atoms with E-state index in [4.69, 9.17) is 9.47 Å². The first-order chi connectivity index (χ1) is 9.17. The molecule has 2 aliphatic heterocycles. The molecule has 1 aromatic rings. The second kappa shape index (κ2) is 4.90. The quantitative estimate of drug-likeness (QED) is 0.821. The number of hydrogen-bond donors (Lipinski definition) is 0. The lowest BCUT2D eigenvalue weighted by Gasteiger charge is -2.34. The lowest BCUT2D eigenvalue weighted by molar-refractivity contribution is -0.147. The van der Waals surface area contributed by atoms with E-state index in [-0.39, 0.29) is 5.76 Å². The molecule has 0 radical (unpaired) electrons. The lowest BCUT2D eigenvalue weighted by Crippen LogP contribution is -2.50. The van der Waals surface area contributed by atoms with Gasteiger partial charge in [-0.15, -0.1) is 0 Å². The van der Waals surface area contributed by atoms with E-state index < -0.39 is 12.2 Å². The summed E-state index contributed by atoms with van der Waals surface area (Å²) in [5, 5.41) is 0. The number of morpholine rings is 1. The van der Waals surface area contributed by atoms with Gasteiger partial charge in [-0.25, -0.2) is 0 Å². The summed E-state index contributed by atoms with van der Waals surface area (Å²) >= 11 is 0. The molecule has 102 valence electrons. The van der Waals surface area contributed by atoms with E-state index in [0.717, 1.165) is 6.08 Å². The van der Waals surface area contributed by atoms with Crippen molar-refractivity contribution in [3.05, 3.63) is 42.0 Å². The molecule has 0 bridgehead atoms. The van der Waals surface area contributed by atoms with E-state index in [2.05, 4.69) is 0 Å². The van der Waals surface area contributed by atoms with Crippen LogP contribution in [0.2, 0.25) is 0 Å². The molecule has 0 aromatic heterocycles. The Morgan fingerprint density at radius 2 is 1.79 bits per heavy atom. The van der Waals surface area contributed by atoms with Gasteiger partial charge in [0, 0.05) is 24.7 Å². The normalized spacial score (nSPS) is 26.8.